The first-order chi connectivity index (χ1) is 15.9. The second-order valence-electron chi connectivity index (χ2n) is 8.76. The number of anilines is 2. The molecule has 2 heterocycles. The Labute approximate surface area is 192 Å². The van der Waals surface area contributed by atoms with E-state index in [2.05, 4.69) is 21.5 Å². The predicted molar refractivity (Wildman–Crippen MR) is 121 cm³/mol. The van der Waals surface area contributed by atoms with Crippen LogP contribution in [0.5, 0.6) is 0 Å². The van der Waals surface area contributed by atoms with Gasteiger partial charge in [-0.15, -0.1) is 5.10 Å². The molecular formula is C21H27N6O5S-. The van der Waals surface area contributed by atoms with Gasteiger partial charge in [-0.2, -0.15) is 13.4 Å². The van der Waals surface area contributed by atoms with Crippen LogP contribution in [0.25, 0.3) is 0 Å². The maximum Gasteiger partial charge on any atom is 0.326 e. The van der Waals surface area contributed by atoms with Gasteiger partial charge in [0, 0.05) is 25.9 Å². The molecule has 0 unspecified atom stereocenters. The minimum Gasteiger partial charge on any atom is -0.740 e. The van der Waals surface area contributed by atoms with Crippen molar-refractivity contribution < 1.29 is 17.9 Å². The number of carbonyl (C=O) groups excluding carboxylic acids is 1. The summed E-state index contributed by atoms with van der Waals surface area (Å²) in [6, 6.07) is 0.393. The van der Waals surface area contributed by atoms with Gasteiger partial charge in [-0.1, -0.05) is 6.07 Å². The Morgan fingerprint density at radius 3 is 2.36 bits per heavy atom. The number of rotatable bonds is 5. The van der Waals surface area contributed by atoms with Gasteiger partial charge in [-0.05, 0) is 73.6 Å². The van der Waals surface area contributed by atoms with Crippen LogP contribution >= 0.6 is 0 Å². The van der Waals surface area contributed by atoms with Crippen molar-refractivity contribution in [2.75, 3.05) is 22.8 Å². The third-order valence-corrected chi connectivity index (χ3v) is 8.18. The largest absolute Gasteiger partial charge is 0.740 e. The number of aromatic nitrogens is 3. The molecule has 33 heavy (non-hydrogen) atoms. The number of amides is 2. The summed E-state index contributed by atoms with van der Waals surface area (Å²) in [5, 5.41) is 19.8. The van der Waals surface area contributed by atoms with E-state index in [1.165, 1.54) is 22.1 Å². The van der Waals surface area contributed by atoms with Gasteiger partial charge in [0.15, 0.2) is 0 Å². The van der Waals surface area contributed by atoms with Crippen LogP contribution < -0.4 is 9.62 Å². The fraction of sp³-hybridized carbons (Fsp3) is 0.571. The van der Waals surface area contributed by atoms with Crippen LogP contribution in [0.2, 0.25) is 0 Å². The molecular weight excluding hydrogens is 448 g/mol. The van der Waals surface area contributed by atoms with E-state index in [0.717, 1.165) is 54.0 Å². The second kappa shape index (κ2) is 8.58. The molecule has 1 aliphatic heterocycles. The molecule has 11 nitrogen and oxygen atoms in total. The highest BCUT2D eigenvalue weighted by Crippen LogP contribution is 2.39. The fourth-order valence-electron chi connectivity index (χ4n) is 5.11. The molecule has 0 spiro atoms. The van der Waals surface area contributed by atoms with Crippen molar-refractivity contribution in [1.82, 2.24) is 19.2 Å². The number of benzene rings is 1. The van der Waals surface area contributed by atoms with Crippen LogP contribution in [-0.4, -0.2) is 52.9 Å². The van der Waals surface area contributed by atoms with E-state index in [1.807, 2.05) is 0 Å². The zero-order valence-corrected chi connectivity index (χ0v) is 19.3. The predicted octanol–water partition coefficient (Wildman–Crippen LogP) is 2.05. The summed E-state index contributed by atoms with van der Waals surface area (Å²) in [5.74, 6) is -0.139. The molecule has 1 N–H and O–H groups in total. The highest BCUT2D eigenvalue weighted by atomic mass is 32.2. The van der Waals surface area contributed by atoms with E-state index in [9.17, 15) is 18.4 Å². The van der Waals surface area contributed by atoms with Gasteiger partial charge in [-0.25, -0.2) is 9.10 Å². The van der Waals surface area contributed by atoms with Crippen molar-refractivity contribution in [1.29, 1.82) is 0 Å². The number of hydroxylamine groups is 1. The average molecular weight is 476 g/mol. The minimum atomic E-state index is -4.78. The minimum absolute atomic E-state index is 0.139. The number of carbonyl (C=O) groups is 1. The average Bonchev–Trinajstić information content (AvgIpc) is 3.55. The van der Waals surface area contributed by atoms with Crippen molar-refractivity contribution in [3.8, 4) is 0 Å². The van der Waals surface area contributed by atoms with E-state index in [1.54, 1.807) is 7.05 Å². The molecule has 0 radical (unpaired) electrons. The van der Waals surface area contributed by atoms with Crippen LogP contribution in [0.1, 0.15) is 47.9 Å². The van der Waals surface area contributed by atoms with Crippen LogP contribution in [-0.2, 0) is 47.7 Å². The molecule has 1 fully saturated rings. The maximum absolute atomic E-state index is 13.4. The van der Waals surface area contributed by atoms with Gasteiger partial charge in [0.25, 0.3) is 5.95 Å². The molecule has 1 aromatic carbocycles. The van der Waals surface area contributed by atoms with Crippen molar-refractivity contribution in [2.45, 2.75) is 57.4 Å². The van der Waals surface area contributed by atoms with E-state index in [4.69, 9.17) is 4.74 Å². The number of hydrogen-bond donors (Lipinski definition) is 1. The molecule has 178 valence electrons. The van der Waals surface area contributed by atoms with E-state index in [-0.39, 0.29) is 5.95 Å². The van der Waals surface area contributed by atoms with Crippen LogP contribution in [0.4, 0.5) is 16.4 Å². The Kier molecular flexibility index (Phi) is 5.75. The lowest BCUT2D eigenvalue weighted by atomic mass is 9.99. The standard InChI is InChI=1S/C21H27N6O5S/c1-25-13-22-20(24-25)26(16-8-10-32-11-9-16)33(30,31)27(29)21(28)23-19-17-6-2-4-14(17)12-15-5-3-7-18(15)19/h12-13,16H,2-11H2,1H3,(H,23,28)/q-1. The molecule has 2 aliphatic carbocycles. The summed E-state index contributed by atoms with van der Waals surface area (Å²) in [5.41, 5.74) is 5.00. The van der Waals surface area contributed by atoms with Gasteiger partial charge in [0.1, 0.15) is 6.33 Å². The lowest BCUT2D eigenvalue weighted by Crippen LogP contribution is -2.51. The molecule has 2 amide bonds. The molecule has 1 aromatic heterocycles. The molecule has 1 saturated heterocycles. The second-order valence-corrected chi connectivity index (χ2v) is 10.4. The Bertz CT molecular complexity index is 1140. The third kappa shape index (κ3) is 3.96. The van der Waals surface area contributed by atoms with Crippen molar-refractivity contribution in [3.63, 3.8) is 0 Å². The zero-order valence-electron chi connectivity index (χ0n) is 18.5. The maximum atomic E-state index is 13.4. The van der Waals surface area contributed by atoms with Crippen molar-refractivity contribution >= 4 is 27.9 Å². The van der Waals surface area contributed by atoms with Crippen LogP contribution in [0.3, 0.4) is 0 Å². The fourth-order valence-corrected chi connectivity index (χ4v) is 6.40. The quantitative estimate of drug-likeness (QED) is 0.655. The smallest absolute Gasteiger partial charge is 0.326 e. The molecule has 0 bridgehead atoms. The topological polar surface area (TPSA) is 133 Å². The van der Waals surface area contributed by atoms with E-state index in [0.29, 0.717) is 31.7 Å². The monoisotopic (exact) mass is 475 g/mol. The Hall–Kier alpha value is -2.70. The first-order valence-electron chi connectivity index (χ1n) is 11.3. The first kappa shape index (κ1) is 22.1. The van der Waals surface area contributed by atoms with Crippen molar-refractivity contribution in [3.05, 3.63) is 39.9 Å². The van der Waals surface area contributed by atoms with Gasteiger partial charge in [-0.3, -0.25) is 9.15 Å². The normalized spacial score (nSPS) is 18.1. The number of aryl methyl sites for hydroxylation is 3. The Balaban J connectivity index is 1.45. The third-order valence-electron chi connectivity index (χ3n) is 6.64. The molecule has 12 heteroatoms. The number of nitrogens with one attached hydrogen (secondary N) is 1. The number of nitrogens with zero attached hydrogens (tertiary/aromatic N) is 5. The number of fused-ring (bicyclic) bond motifs is 2. The Morgan fingerprint density at radius 2 is 1.79 bits per heavy atom. The van der Waals surface area contributed by atoms with Gasteiger partial charge in [0.2, 0.25) is 0 Å². The number of hydrogen-bond acceptors (Lipinski definition) is 7. The summed E-state index contributed by atoms with van der Waals surface area (Å²) >= 11 is 0. The first-order valence-corrected chi connectivity index (χ1v) is 12.7. The molecule has 2 aromatic rings. The molecule has 0 atom stereocenters. The van der Waals surface area contributed by atoms with Crippen LogP contribution in [0, 0.1) is 5.21 Å². The Morgan fingerprint density at radius 1 is 1.15 bits per heavy atom. The highest BCUT2D eigenvalue weighted by Gasteiger charge is 2.37. The van der Waals surface area contributed by atoms with Crippen LogP contribution in [0.15, 0.2) is 12.4 Å². The summed E-state index contributed by atoms with van der Waals surface area (Å²) in [6.07, 6.45) is 7.49. The number of urea groups is 1. The zero-order chi connectivity index (χ0) is 23.2. The lowest BCUT2D eigenvalue weighted by Gasteiger charge is -2.38. The van der Waals surface area contributed by atoms with E-state index >= 15 is 0 Å². The van der Waals surface area contributed by atoms with Gasteiger partial charge < -0.3 is 15.3 Å². The lowest BCUT2D eigenvalue weighted by molar-refractivity contribution is 0.0872. The van der Waals surface area contributed by atoms with Gasteiger partial charge in [0.05, 0.1) is 6.04 Å². The molecule has 0 saturated carbocycles. The summed E-state index contributed by atoms with van der Waals surface area (Å²) in [4.78, 5) is 17.0. The number of ether oxygens (including phenoxy) is 1. The highest BCUT2D eigenvalue weighted by molar-refractivity contribution is 7.91. The molecule has 5 rings (SSSR count). The summed E-state index contributed by atoms with van der Waals surface area (Å²) < 4.78 is 33.9. The van der Waals surface area contributed by atoms with Crippen molar-refractivity contribution in [2.24, 2.45) is 7.05 Å². The summed E-state index contributed by atoms with van der Waals surface area (Å²) in [6.45, 7) is 0.688. The van der Waals surface area contributed by atoms with E-state index < -0.39 is 26.8 Å². The molecule has 3 aliphatic rings. The van der Waals surface area contributed by atoms with Gasteiger partial charge >= 0.3 is 16.2 Å². The summed E-state index contributed by atoms with van der Waals surface area (Å²) in [7, 11) is -3.18. The SMILES string of the molecule is Cn1cnc(N(C2CCOCC2)S(=O)(=O)N([O-])C(=O)Nc2c3c(cc4c2CCC4)CCC3)n1.